The number of nitrogens with one attached hydrogen (secondary N) is 3. The van der Waals surface area contributed by atoms with E-state index in [1.54, 1.807) is 19.1 Å². The monoisotopic (exact) mass is 387 g/mol. The van der Waals surface area contributed by atoms with Gasteiger partial charge in [0.1, 0.15) is 0 Å². The Bertz CT molecular complexity index is 688. The van der Waals surface area contributed by atoms with Crippen molar-refractivity contribution < 1.29 is 19.1 Å². The van der Waals surface area contributed by atoms with Gasteiger partial charge in [0.15, 0.2) is 6.10 Å². The number of allylic oxidation sites excluding steroid dienone is 1. The Morgan fingerprint density at radius 3 is 2.57 bits per heavy atom. The lowest BCUT2D eigenvalue weighted by atomic mass is 9.97. The molecule has 1 aliphatic carbocycles. The molecule has 1 aromatic rings. The summed E-state index contributed by atoms with van der Waals surface area (Å²) in [5.41, 5.74) is 2.05. The van der Waals surface area contributed by atoms with Crippen LogP contribution in [0.3, 0.4) is 0 Å². The zero-order valence-electron chi connectivity index (χ0n) is 16.3. The van der Waals surface area contributed by atoms with Gasteiger partial charge < -0.3 is 20.7 Å². The number of ether oxygens (including phenoxy) is 1. The SMILES string of the molecule is C[C@@H](OC(=O)CCNC(=O)Nc1ccccc1)C(=O)NCCC1=CCCCC1. The second-order valence-electron chi connectivity index (χ2n) is 6.78. The molecule has 0 saturated heterocycles. The van der Waals surface area contributed by atoms with E-state index in [1.807, 2.05) is 18.2 Å². The topological polar surface area (TPSA) is 96.5 Å². The standard InChI is InChI=1S/C21H29N3O4/c1-16(20(26)22-14-12-17-8-4-2-5-9-17)28-19(25)13-15-23-21(27)24-18-10-6-3-7-11-18/h3,6-8,10-11,16H,2,4-5,9,12-15H2,1H3,(H,22,26)(H2,23,24,27)/t16-/m1/s1. The van der Waals surface area contributed by atoms with Crippen molar-refractivity contribution in [3.8, 4) is 0 Å². The first-order chi connectivity index (χ1) is 13.5. The number of hydrogen-bond donors (Lipinski definition) is 3. The van der Waals surface area contributed by atoms with Gasteiger partial charge >= 0.3 is 12.0 Å². The molecule has 0 bridgehead atoms. The zero-order chi connectivity index (χ0) is 20.2. The fraction of sp³-hybridized carbons (Fsp3) is 0.476. The molecule has 2 rings (SSSR count). The van der Waals surface area contributed by atoms with E-state index >= 15 is 0 Å². The van der Waals surface area contributed by atoms with Crippen LogP contribution >= 0.6 is 0 Å². The third kappa shape index (κ3) is 8.24. The van der Waals surface area contributed by atoms with Crippen LogP contribution < -0.4 is 16.0 Å². The Balaban J connectivity index is 1.57. The van der Waals surface area contributed by atoms with Gasteiger partial charge in [-0.25, -0.2) is 4.79 Å². The number of esters is 1. The largest absolute Gasteiger partial charge is 0.452 e. The normalized spacial score (nSPS) is 14.4. The molecule has 0 unspecified atom stereocenters. The molecule has 7 nitrogen and oxygen atoms in total. The lowest BCUT2D eigenvalue weighted by Gasteiger charge is -2.15. The molecule has 0 aliphatic heterocycles. The molecule has 0 heterocycles. The minimum absolute atomic E-state index is 0.00723. The van der Waals surface area contributed by atoms with Gasteiger partial charge in [0, 0.05) is 18.8 Å². The highest BCUT2D eigenvalue weighted by atomic mass is 16.5. The van der Waals surface area contributed by atoms with Gasteiger partial charge in [-0.2, -0.15) is 0 Å². The highest BCUT2D eigenvalue weighted by Crippen LogP contribution is 2.19. The van der Waals surface area contributed by atoms with Crippen LogP contribution in [0.2, 0.25) is 0 Å². The Kier molecular flexibility index (Phi) is 9.04. The first-order valence-electron chi connectivity index (χ1n) is 9.79. The average Bonchev–Trinajstić information content (AvgIpc) is 2.69. The van der Waals surface area contributed by atoms with Gasteiger partial charge in [-0.15, -0.1) is 0 Å². The molecule has 0 aromatic heterocycles. The van der Waals surface area contributed by atoms with Crippen molar-refractivity contribution in [2.45, 2.75) is 51.6 Å². The van der Waals surface area contributed by atoms with E-state index in [9.17, 15) is 14.4 Å². The second kappa shape index (κ2) is 11.8. The van der Waals surface area contributed by atoms with Crippen molar-refractivity contribution in [3.05, 3.63) is 42.0 Å². The number of para-hydroxylation sites is 1. The summed E-state index contributed by atoms with van der Waals surface area (Å²) in [5.74, 6) is -0.836. The highest BCUT2D eigenvalue weighted by Gasteiger charge is 2.17. The van der Waals surface area contributed by atoms with Gasteiger partial charge in [0.2, 0.25) is 0 Å². The first kappa shape index (κ1) is 21.5. The van der Waals surface area contributed by atoms with Crippen LogP contribution in [0.25, 0.3) is 0 Å². The van der Waals surface area contributed by atoms with E-state index in [-0.39, 0.29) is 18.9 Å². The Labute approximate surface area is 165 Å². The number of anilines is 1. The van der Waals surface area contributed by atoms with Gasteiger partial charge in [-0.05, 0) is 51.2 Å². The smallest absolute Gasteiger partial charge is 0.319 e. The van der Waals surface area contributed by atoms with Crippen molar-refractivity contribution in [3.63, 3.8) is 0 Å². The molecule has 1 atom stereocenters. The maximum absolute atomic E-state index is 12.0. The second-order valence-corrected chi connectivity index (χ2v) is 6.78. The molecule has 7 heteroatoms. The van der Waals surface area contributed by atoms with Gasteiger partial charge in [-0.3, -0.25) is 9.59 Å². The van der Waals surface area contributed by atoms with Crippen LogP contribution in [0, 0.1) is 0 Å². The summed E-state index contributed by atoms with van der Waals surface area (Å²) in [7, 11) is 0. The molecule has 0 radical (unpaired) electrons. The minimum Gasteiger partial charge on any atom is -0.452 e. The van der Waals surface area contributed by atoms with E-state index in [0.717, 1.165) is 19.3 Å². The molecular weight excluding hydrogens is 358 g/mol. The number of amides is 3. The van der Waals surface area contributed by atoms with Gasteiger partial charge in [-0.1, -0.05) is 29.8 Å². The molecule has 3 amide bonds. The Morgan fingerprint density at radius 2 is 1.86 bits per heavy atom. The molecular formula is C21H29N3O4. The summed E-state index contributed by atoms with van der Waals surface area (Å²) in [5, 5.41) is 8.03. The highest BCUT2D eigenvalue weighted by molar-refractivity contribution is 5.89. The fourth-order valence-corrected chi connectivity index (χ4v) is 2.91. The molecule has 0 spiro atoms. The zero-order valence-corrected chi connectivity index (χ0v) is 16.3. The summed E-state index contributed by atoms with van der Waals surface area (Å²) < 4.78 is 5.12. The molecule has 0 fully saturated rings. The number of benzene rings is 1. The van der Waals surface area contributed by atoms with Crippen molar-refractivity contribution in [2.75, 3.05) is 18.4 Å². The lowest BCUT2D eigenvalue weighted by molar-refractivity contribution is -0.154. The van der Waals surface area contributed by atoms with Crippen LogP contribution in [-0.2, 0) is 14.3 Å². The third-order valence-corrected chi connectivity index (χ3v) is 4.45. The van der Waals surface area contributed by atoms with Crippen molar-refractivity contribution in [1.82, 2.24) is 10.6 Å². The summed E-state index contributed by atoms with van der Waals surface area (Å²) in [6.07, 6.45) is 6.90. The molecule has 152 valence electrons. The number of rotatable bonds is 9. The minimum atomic E-state index is -0.856. The summed E-state index contributed by atoms with van der Waals surface area (Å²) in [6.45, 7) is 2.22. The summed E-state index contributed by atoms with van der Waals surface area (Å²) in [4.78, 5) is 35.6. The van der Waals surface area contributed by atoms with Crippen LogP contribution in [0.4, 0.5) is 10.5 Å². The summed E-state index contributed by atoms with van der Waals surface area (Å²) in [6, 6.07) is 8.60. The average molecular weight is 387 g/mol. The van der Waals surface area contributed by atoms with Crippen LogP contribution in [0.5, 0.6) is 0 Å². The number of carbonyl (C=O) groups excluding carboxylic acids is 3. The molecule has 3 N–H and O–H groups in total. The predicted octanol–water partition coefficient (Wildman–Crippen LogP) is 3.14. The predicted molar refractivity (Wildman–Crippen MR) is 108 cm³/mol. The van der Waals surface area contributed by atoms with Gasteiger partial charge in [0.25, 0.3) is 5.91 Å². The third-order valence-electron chi connectivity index (χ3n) is 4.45. The molecule has 28 heavy (non-hydrogen) atoms. The van der Waals surface area contributed by atoms with Crippen molar-refractivity contribution in [2.24, 2.45) is 0 Å². The molecule has 0 saturated carbocycles. The lowest BCUT2D eigenvalue weighted by Crippen LogP contribution is -2.37. The quantitative estimate of drug-likeness (QED) is 0.448. The van der Waals surface area contributed by atoms with E-state index in [1.165, 1.54) is 18.4 Å². The van der Waals surface area contributed by atoms with Gasteiger partial charge in [0.05, 0.1) is 6.42 Å². The summed E-state index contributed by atoms with van der Waals surface area (Å²) >= 11 is 0. The Morgan fingerprint density at radius 1 is 1.07 bits per heavy atom. The van der Waals surface area contributed by atoms with E-state index in [0.29, 0.717) is 12.2 Å². The van der Waals surface area contributed by atoms with Crippen molar-refractivity contribution >= 4 is 23.6 Å². The number of urea groups is 1. The van der Waals surface area contributed by atoms with Crippen LogP contribution in [0.1, 0.15) is 45.4 Å². The molecule has 1 aromatic carbocycles. The van der Waals surface area contributed by atoms with E-state index in [4.69, 9.17) is 4.74 Å². The van der Waals surface area contributed by atoms with Crippen LogP contribution in [-0.4, -0.2) is 37.1 Å². The number of hydrogen-bond acceptors (Lipinski definition) is 4. The molecule has 1 aliphatic rings. The van der Waals surface area contributed by atoms with Crippen molar-refractivity contribution in [1.29, 1.82) is 0 Å². The maximum Gasteiger partial charge on any atom is 0.319 e. The Hall–Kier alpha value is -2.83. The fourth-order valence-electron chi connectivity index (χ4n) is 2.91. The van der Waals surface area contributed by atoms with E-state index in [2.05, 4.69) is 22.0 Å². The maximum atomic E-state index is 12.0. The van der Waals surface area contributed by atoms with E-state index < -0.39 is 18.1 Å². The van der Waals surface area contributed by atoms with Crippen LogP contribution in [0.15, 0.2) is 42.0 Å². The number of carbonyl (C=O) groups is 3. The first-order valence-corrected chi connectivity index (χ1v) is 9.79.